The molecule has 104 valence electrons. The van der Waals surface area contributed by atoms with Crippen molar-refractivity contribution in [2.45, 2.75) is 50.8 Å². The van der Waals surface area contributed by atoms with Crippen molar-refractivity contribution >= 4 is 16.9 Å². The third-order valence-corrected chi connectivity index (χ3v) is 4.62. The molecular weight excluding hydrogens is 252 g/mol. The Morgan fingerprint density at radius 1 is 1.32 bits per heavy atom. The number of thioether (sulfide) groups is 1. The van der Waals surface area contributed by atoms with E-state index in [-0.39, 0.29) is 0 Å². The normalized spacial score (nSPS) is 27.0. The number of hydrogen-bond acceptors (Lipinski definition) is 2. The molecule has 2 nitrogen and oxygen atoms in total. The molecule has 0 aliphatic carbocycles. The van der Waals surface area contributed by atoms with E-state index in [4.69, 9.17) is 4.99 Å². The summed E-state index contributed by atoms with van der Waals surface area (Å²) in [5, 5.41) is 5.29. The molecule has 19 heavy (non-hydrogen) atoms. The van der Waals surface area contributed by atoms with E-state index in [0.717, 1.165) is 18.1 Å². The van der Waals surface area contributed by atoms with Gasteiger partial charge in [-0.3, -0.25) is 4.99 Å². The van der Waals surface area contributed by atoms with Gasteiger partial charge in [-0.15, -0.1) is 0 Å². The molecule has 0 bridgehead atoms. The van der Waals surface area contributed by atoms with Gasteiger partial charge in [0.15, 0.2) is 5.17 Å². The van der Waals surface area contributed by atoms with Gasteiger partial charge in [0.05, 0.1) is 0 Å². The molecule has 1 saturated heterocycles. The molecule has 1 aliphatic rings. The number of benzene rings is 1. The summed E-state index contributed by atoms with van der Waals surface area (Å²) >= 11 is 1.88. The van der Waals surface area contributed by atoms with E-state index < -0.39 is 0 Å². The Kier molecular flexibility index (Phi) is 5.32. The monoisotopic (exact) mass is 276 g/mol. The third kappa shape index (κ3) is 4.57. The van der Waals surface area contributed by atoms with Gasteiger partial charge in [0, 0.05) is 17.8 Å². The Hall–Kier alpha value is -0.960. The highest BCUT2D eigenvalue weighted by molar-refractivity contribution is 8.14. The number of hydrogen-bond donors (Lipinski definition) is 1. The molecule has 1 aromatic carbocycles. The van der Waals surface area contributed by atoms with Crippen LogP contribution in [-0.2, 0) is 0 Å². The molecule has 3 unspecified atom stereocenters. The molecule has 0 radical (unpaired) electrons. The third-order valence-electron chi connectivity index (χ3n) is 3.55. The summed E-state index contributed by atoms with van der Waals surface area (Å²) in [6.07, 6.45) is 2.34. The van der Waals surface area contributed by atoms with E-state index in [1.165, 1.54) is 12.0 Å². The van der Waals surface area contributed by atoms with Crippen LogP contribution in [-0.4, -0.2) is 23.0 Å². The average Bonchev–Trinajstić information content (AvgIpc) is 2.38. The largest absolute Gasteiger partial charge is 0.362 e. The zero-order valence-electron chi connectivity index (χ0n) is 12.1. The minimum absolute atomic E-state index is 0.557. The van der Waals surface area contributed by atoms with Gasteiger partial charge in [-0.25, -0.2) is 0 Å². The molecule has 0 spiro atoms. The lowest BCUT2D eigenvalue weighted by Crippen LogP contribution is -2.38. The molecule has 0 amide bonds. The molecule has 3 heteroatoms. The van der Waals surface area contributed by atoms with E-state index in [1.807, 2.05) is 11.8 Å². The molecule has 1 fully saturated rings. The predicted octanol–water partition coefficient (Wildman–Crippen LogP) is 4.04. The fraction of sp³-hybridized carbons (Fsp3) is 0.562. The van der Waals surface area contributed by atoms with Crippen molar-refractivity contribution < 1.29 is 0 Å². The molecule has 0 saturated carbocycles. The molecule has 1 N–H and O–H groups in total. The second-order valence-electron chi connectivity index (χ2n) is 5.50. The van der Waals surface area contributed by atoms with Gasteiger partial charge in [-0.2, -0.15) is 0 Å². The van der Waals surface area contributed by atoms with Gasteiger partial charge in [-0.05, 0) is 31.2 Å². The van der Waals surface area contributed by atoms with Crippen LogP contribution in [0.1, 0.15) is 45.1 Å². The average molecular weight is 276 g/mol. The van der Waals surface area contributed by atoms with Gasteiger partial charge in [0.25, 0.3) is 0 Å². The first-order chi connectivity index (χ1) is 9.15. The quantitative estimate of drug-likeness (QED) is 0.897. The maximum absolute atomic E-state index is 4.72. The van der Waals surface area contributed by atoms with E-state index in [0.29, 0.717) is 17.2 Å². The van der Waals surface area contributed by atoms with Gasteiger partial charge in [0.1, 0.15) is 0 Å². The fourth-order valence-electron chi connectivity index (χ4n) is 2.43. The Morgan fingerprint density at radius 2 is 2.05 bits per heavy atom. The van der Waals surface area contributed by atoms with E-state index in [1.54, 1.807) is 0 Å². The number of amidine groups is 1. The number of nitrogens with one attached hydrogen (secondary N) is 1. The Balaban J connectivity index is 1.82. The lowest BCUT2D eigenvalue weighted by Gasteiger charge is -2.27. The summed E-state index contributed by atoms with van der Waals surface area (Å²) in [7, 11) is 0. The van der Waals surface area contributed by atoms with Crippen LogP contribution in [0, 0.1) is 0 Å². The van der Waals surface area contributed by atoms with Crippen molar-refractivity contribution in [3.63, 3.8) is 0 Å². The molecule has 0 aromatic heterocycles. The van der Waals surface area contributed by atoms with Crippen LogP contribution in [0.5, 0.6) is 0 Å². The zero-order valence-corrected chi connectivity index (χ0v) is 12.9. The van der Waals surface area contributed by atoms with Crippen molar-refractivity contribution in [2.75, 3.05) is 6.54 Å². The maximum Gasteiger partial charge on any atom is 0.157 e. The topological polar surface area (TPSA) is 24.4 Å². The second-order valence-corrected chi connectivity index (χ2v) is 6.92. The summed E-state index contributed by atoms with van der Waals surface area (Å²) < 4.78 is 0. The van der Waals surface area contributed by atoms with E-state index >= 15 is 0 Å². The van der Waals surface area contributed by atoms with Crippen molar-refractivity contribution in [3.05, 3.63) is 35.9 Å². The highest BCUT2D eigenvalue weighted by Crippen LogP contribution is 2.23. The van der Waals surface area contributed by atoms with Crippen LogP contribution in [0.25, 0.3) is 0 Å². The van der Waals surface area contributed by atoms with E-state index in [9.17, 15) is 0 Å². The number of aliphatic imine (C=N–C) groups is 1. The molecular formula is C16H24N2S. The van der Waals surface area contributed by atoms with Crippen LogP contribution in [0.4, 0.5) is 0 Å². The summed E-state index contributed by atoms with van der Waals surface area (Å²) in [5.41, 5.74) is 1.41. The van der Waals surface area contributed by atoms with Crippen molar-refractivity contribution in [1.82, 2.24) is 5.32 Å². The number of nitrogens with zero attached hydrogens (tertiary/aromatic N) is 1. The molecule has 1 aliphatic heterocycles. The minimum atomic E-state index is 0.557. The fourth-order valence-corrected chi connectivity index (χ4v) is 3.63. The molecule has 1 aromatic rings. The van der Waals surface area contributed by atoms with Crippen molar-refractivity contribution in [3.8, 4) is 0 Å². The summed E-state index contributed by atoms with van der Waals surface area (Å²) in [4.78, 5) is 4.72. The molecule has 1 heterocycles. The van der Waals surface area contributed by atoms with Crippen LogP contribution in [0.3, 0.4) is 0 Å². The van der Waals surface area contributed by atoms with Gasteiger partial charge >= 0.3 is 0 Å². The van der Waals surface area contributed by atoms with Gasteiger partial charge in [-0.1, -0.05) is 55.9 Å². The first-order valence-electron chi connectivity index (χ1n) is 7.17. The molecule has 2 rings (SSSR count). The Morgan fingerprint density at radius 3 is 2.74 bits per heavy atom. The lowest BCUT2D eigenvalue weighted by molar-refractivity contribution is 0.596. The first kappa shape index (κ1) is 14.4. The first-order valence-corrected chi connectivity index (χ1v) is 8.05. The van der Waals surface area contributed by atoms with Crippen LogP contribution >= 0.6 is 11.8 Å². The highest BCUT2D eigenvalue weighted by atomic mass is 32.2. The van der Waals surface area contributed by atoms with E-state index in [2.05, 4.69) is 56.4 Å². The standard InChI is InChI=1S/C16H24N2S/c1-12(15-7-5-4-6-8-15)9-10-17-16-18-13(2)11-14(3)19-16/h4-8,12-14H,9-11H2,1-3H3,(H,17,18). The van der Waals surface area contributed by atoms with Crippen molar-refractivity contribution in [2.24, 2.45) is 4.99 Å². The predicted molar refractivity (Wildman–Crippen MR) is 86.0 cm³/mol. The molecule has 3 atom stereocenters. The second kappa shape index (κ2) is 6.99. The Bertz CT molecular complexity index is 404. The summed E-state index contributed by atoms with van der Waals surface area (Å²) in [5.74, 6) is 0.578. The van der Waals surface area contributed by atoms with Gasteiger partial charge < -0.3 is 5.32 Å². The summed E-state index contributed by atoms with van der Waals surface area (Å²) in [6.45, 7) is 7.70. The highest BCUT2D eigenvalue weighted by Gasteiger charge is 2.19. The smallest absolute Gasteiger partial charge is 0.157 e. The zero-order chi connectivity index (χ0) is 13.7. The van der Waals surface area contributed by atoms with Crippen LogP contribution < -0.4 is 5.32 Å². The van der Waals surface area contributed by atoms with Gasteiger partial charge in [0.2, 0.25) is 0 Å². The number of rotatable bonds is 4. The van der Waals surface area contributed by atoms with Crippen LogP contribution in [0.2, 0.25) is 0 Å². The van der Waals surface area contributed by atoms with Crippen LogP contribution in [0.15, 0.2) is 35.3 Å². The summed E-state index contributed by atoms with van der Waals surface area (Å²) in [6, 6.07) is 11.3. The van der Waals surface area contributed by atoms with Crippen molar-refractivity contribution in [1.29, 1.82) is 0 Å². The lowest BCUT2D eigenvalue weighted by atomic mass is 9.98. The minimum Gasteiger partial charge on any atom is -0.362 e. The maximum atomic E-state index is 4.72. The SMILES string of the molecule is CC1CC(C)SC(=NCCC(C)c2ccccc2)N1. The Labute approximate surface area is 121 Å².